The van der Waals surface area contributed by atoms with Gasteiger partial charge < -0.3 is 9.64 Å². The van der Waals surface area contributed by atoms with E-state index in [1.807, 2.05) is 38.3 Å². The number of rotatable bonds is 2. The molecule has 136 valence electrons. The van der Waals surface area contributed by atoms with Gasteiger partial charge in [0.2, 0.25) is 0 Å². The summed E-state index contributed by atoms with van der Waals surface area (Å²) in [5.41, 5.74) is 1.29. The molecule has 2 aromatic rings. The Morgan fingerprint density at radius 2 is 1.96 bits per heavy atom. The molecule has 1 amide bonds. The number of hydrogen-bond acceptors (Lipinski definition) is 4. The van der Waals surface area contributed by atoms with Crippen LogP contribution in [0.3, 0.4) is 0 Å². The van der Waals surface area contributed by atoms with Gasteiger partial charge in [0, 0.05) is 31.9 Å². The van der Waals surface area contributed by atoms with Gasteiger partial charge in [-0.2, -0.15) is 0 Å². The lowest BCUT2D eigenvalue weighted by atomic mass is 10.1. The molecule has 0 radical (unpaired) electrons. The highest BCUT2D eigenvalue weighted by molar-refractivity contribution is 5.75. The van der Waals surface area contributed by atoms with Gasteiger partial charge in [-0.25, -0.2) is 9.59 Å². The Morgan fingerprint density at radius 3 is 2.56 bits per heavy atom. The summed E-state index contributed by atoms with van der Waals surface area (Å²) in [5.74, 6) is 0. The third-order valence-corrected chi connectivity index (χ3v) is 4.56. The van der Waals surface area contributed by atoms with Crippen molar-refractivity contribution in [2.24, 2.45) is 0 Å². The molecule has 1 fully saturated rings. The predicted molar refractivity (Wildman–Crippen MR) is 95.7 cm³/mol. The van der Waals surface area contributed by atoms with Crippen molar-refractivity contribution in [3.05, 3.63) is 28.9 Å². The largest absolute Gasteiger partial charge is 0.444 e. The summed E-state index contributed by atoms with van der Waals surface area (Å²) in [6, 6.07) is 1.98. The van der Waals surface area contributed by atoms with E-state index in [4.69, 9.17) is 4.74 Å². The number of piperidine rings is 1. The number of imidazole rings is 1. The SMILES string of the molecule is CCn1c(=O)n(C2CCN(C(=O)OC(C)(C)C)CC2)c2ccncc21. The zero-order valence-electron chi connectivity index (χ0n) is 15.4. The Morgan fingerprint density at radius 1 is 1.28 bits per heavy atom. The van der Waals surface area contributed by atoms with Crippen LogP contribution in [0.15, 0.2) is 23.3 Å². The molecule has 1 aliphatic heterocycles. The van der Waals surface area contributed by atoms with Crippen LogP contribution >= 0.6 is 0 Å². The molecule has 1 saturated heterocycles. The van der Waals surface area contributed by atoms with E-state index in [0.29, 0.717) is 19.6 Å². The lowest BCUT2D eigenvalue weighted by molar-refractivity contribution is 0.0188. The molecular formula is C18H26N4O3. The van der Waals surface area contributed by atoms with E-state index in [1.165, 1.54) is 0 Å². The monoisotopic (exact) mass is 346 g/mol. The predicted octanol–water partition coefficient (Wildman–Crippen LogP) is 2.79. The number of pyridine rings is 1. The molecule has 25 heavy (non-hydrogen) atoms. The summed E-state index contributed by atoms with van der Waals surface area (Å²) < 4.78 is 9.06. The molecule has 0 aliphatic carbocycles. The zero-order chi connectivity index (χ0) is 18.2. The minimum Gasteiger partial charge on any atom is -0.444 e. The first kappa shape index (κ1) is 17.5. The number of aryl methyl sites for hydroxylation is 1. The van der Waals surface area contributed by atoms with Crippen molar-refractivity contribution in [2.45, 2.75) is 58.7 Å². The average molecular weight is 346 g/mol. The van der Waals surface area contributed by atoms with E-state index in [0.717, 1.165) is 23.9 Å². The number of aromatic nitrogens is 3. The quantitative estimate of drug-likeness (QED) is 0.838. The maximum absolute atomic E-state index is 12.8. The molecule has 0 saturated carbocycles. The van der Waals surface area contributed by atoms with E-state index >= 15 is 0 Å². The first-order chi connectivity index (χ1) is 11.8. The third-order valence-electron chi connectivity index (χ3n) is 4.56. The Bertz CT molecular complexity index is 823. The van der Waals surface area contributed by atoms with Gasteiger partial charge in [-0.15, -0.1) is 0 Å². The van der Waals surface area contributed by atoms with E-state index in [-0.39, 0.29) is 17.8 Å². The van der Waals surface area contributed by atoms with Crippen LogP contribution in [0.2, 0.25) is 0 Å². The van der Waals surface area contributed by atoms with Crippen LogP contribution in [-0.2, 0) is 11.3 Å². The van der Waals surface area contributed by atoms with Crippen LogP contribution < -0.4 is 5.69 Å². The summed E-state index contributed by atoms with van der Waals surface area (Å²) in [4.78, 5) is 30.9. The Labute approximate surface area is 147 Å². The maximum Gasteiger partial charge on any atom is 0.410 e. The van der Waals surface area contributed by atoms with Gasteiger partial charge in [0.1, 0.15) is 5.60 Å². The lowest BCUT2D eigenvalue weighted by Gasteiger charge is -2.33. The van der Waals surface area contributed by atoms with Gasteiger partial charge in [-0.1, -0.05) is 0 Å². The highest BCUT2D eigenvalue weighted by Gasteiger charge is 2.29. The van der Waals surface area contributed by atoms with Crippen LogP contribution in [0.25, 0.3) is 11.0 Å². The Hall–Kier alpha value is -2.31. The third kappa shape index (κ3) is 3.41. The van der Waals surface area contributed by atoms with Crippen molar-refractivity contribution < 1.29 is 9.53 Å². The fourth-order valence-electron chi connectivity index (χ4n) is 3.42. The highest BCUT2D eigenvalue weighted by Crippen LogP contribution is 2.26. The molecular weight excluding hydrogens is 320 g/mol. The minimum absolute atomic E-state index is 0.00113. The van der Waals surface area contributed by atoms with E-state index in [1.54, 1.807) is 21.9 Å². The van der Waals surface area contributed by atoms with Crippen molar-refractivity contribution in [3.63, 3.8) is 0 Å². The first-order valence-electron chi connectivity index (χ1n) is 8.84. The molecule has 0 unspecified atom stereocenters. The molecule has 0 atom stereocenters. The van der Waals surface area contributed by atoms with Crippen LogP contribution in [-0.4, -0.2) is 43.8 Å². The van der Waals surface area contributed by atoms with Gasteiger partial charge in [0.25, 0.3) is 0 Å². The minimum atomic E-state index is -0.494. The number of likely N-dealkylation sites (tertiary alicyclic amines) is 1. The number of nitrogens with zero attached hydrogens (tertiary/aromatic N) is 4. The lowest BCUT2D eigenvalue weighted by Crippen LogP contribution is -2.43. The molecule has 0 bridgehead atoms. The smallest absolute Gasteiger partial charge is 0.410 e. The van der Waals surface area contributed by atoms with E-state index < -0.39 is 5.60 Å². The second-order valence-corrected chi connectivity index (χ2v) is 7.46. The van der Waals surface area contributed by atoms with E-state index in [2.05, 4.69) is 4.98 Å². The summed E-state index contributed by atoms with van der Waals surface area (Å²) in [6.07, 6.45) is 4.66. The maximum atomic E-state index is 12.8. The zero-order valence-corrected chi connectivity index (χ0v) is 15.4. The topological polar surface area (TPSA) is 69.4 Å². The summed E-state index contributed by atoms with van der Waals surface area (Å²) in [6.45, 7) is 9.36. The molecule has 2 aromatic heterocycles. The Balaban J connectivity index is 1.80. The molecule has 0 spiro atoms. The molecule has 0 aromatic carbocycles. The van der Waals surface area contributed by atoms with Gasteiger partial charge in [0.15, 0.2) is 0 Å². The summed E-state index contributed by atoms with van der Waals surface area (Å²) >= 11 is 0. The summed E-state index contributed by atoms with van der Waals surface area (Å²) in [5, 5.41) is 0. The van der Waals surface area contributed by atoms with Crippen molar-refractivity contribution in [1.29, 1.82) is 0 Å². The van der Waals surface area contributed by atoms with Crippen molar-refractivity contribution >= 4 is 17.1 Å². The average Bonchev–Trinajstić information content (AvgIpc) is 2.84. The van der Waals surface area contributed by atoms with Crippen LogP contribution in [0, 0.1) is 0 Å². The first-order valence-corrected chi connectivity index (χ1v) is 8.84. The number of amides is 1. The number of fused-ring (bicyclic) bond motifs is 1. The van der Waals surface area contributed by atoms with Crippen LogP contribution in [0.5, 0.6) is 0 Å². The molecule has 3 heterocycles. The fraction of sp³-hybridized carbons (Fsp3) is 0.611. The van der Waals surface area contributed by atoms with Crippen molar-refractivity contribution in [2.75, 3.05) is 13.1 Å². The second-order valence-electron chi connectivity index (χ2n) is 7.46. The summed E-state index contributed by atoms with van der Waals surface area (Å²) in [7, 11) is 0. The highest BCUT2D eigenvalue weighted by atomic mass is 16.6. The number of carbonyl (C=O) groups is 1. The molecule has 7 heteroatoms. The number of hydrogen-bond donors (Lipinski definition) is 0. The van der Waals surface area contributed by atoms with Gasteiger partial charge in [-0.3, -0.25) is 14.1 Å². The van der Waals surface area contributed by atoms with Crippen molar-refractivity contribution in [1.82, 2.24) is 19.0 Å². The standard InChI is InChI=1S/C18H26N4O3/c1-5-21-15-12-19-9-6-14(15)22(16(21)23)13-7-10-20(11-8-13)17(24)25-18(2,3)4/h6,9,12-13H,5,7-8,10-11H2,1-4H3. The number of carbonyl (C=O) groups excluding carboxylic acids is 1. The fourth-order valence-corrected chi connectivity index (χ4v) is 3.42. The van der Waals surface area contributed by atoms with Crippen LogP contribution in [0.4, 0.5) is 4.79 Å². The molecule has 1 aliphatic rings. The van der Waals surface area contributed by atoms with Gasteiger partial charge >= 0.3 is 11.8 Å². The molecule has 3 rings (SSSR count). The van der Waals surface area contributed by atoms with Gasteiger partial charge in [0.05, 0.1) is 17.2 Å². The Kier molecular flexibility index (Phi) is 4.58. The van der Waals surface area contributed by atoms with Crippen LogP contribution in [0.1, 0.15) is 46.6 Å². The molecule has 0 N–H and O–H groups in total. The molecule has 7 nitrogen and oxygen atoms in total. The van der Waals surface area contributed by atoms with Crippen molar-refractivity contribution in [3.8, 4) is 0 Å². The second kappa shape index (κ2) is 6.54. The normalized spacial score (nSPS) is 16.4. The van der Waals surface area contributed by atoms with E-state index in [9.17, 15) is 9.59 Å². The number of ether oxygens (including phenoxy) is 1. The van der Waals surface area contributed by atoms with Gasteiger partial charge in [-0.05, 0) is 46.6 Å².